The van der Waals surface area contributed by atoms with Gasteiger partial charge in [-0.25, -0.2) is 9.97 Å². The first-order valence-electron chi connectivity index (χ1n) is 11.4. The van der Waals surface area contributed by atoms with Crippen LogP contribution in [0.1, 0.15) is 37.0 Å². The number of nitrogens with zero attached hydrogens (tertiary/aromatic N) is 4. The van der Waals surface area contributed by atoms with Crippen LogP contribution in [0.3, 0.4) is 0 Å². The molecule has 1 aliphatic heterocycles. The number of anilines is 1. The van der Waals surface area contributed by atoms with Crippen molar-refractivity contribution in [2.75, 3.05) is 19.5 Å². The Kier molecular flexibility index (Phi) is 7.20. The summed E-state index contributed by atoms with van der Waals surface area (Å²) in [6.07, 6.45) is 3.01. The Labute approximate surface area is 232 Å². The van der Waals surface area contributed by atoms with Crippen LogP contribution in [0.4, 0.5) is 5.13 Å². The third-order valence-corrected chi connectivity index (χ3v) is 7.60. The van der Waals surface area contributed by atoms with Crippen molar-refractivity contribution >= 4 is 51.5 Å². The lowest BCUT2D eigenvalue weighted by Crippen LogP contribution is -2.26. The number of nitrogens with one attached hydrogen (secondary N) is 1. The van der Waals surface area contributed by atoms with Gasteiger partial charge >= 0.3 is 0 Å². The molecule has 4 heterocycles. The molecule has 12 heteroatoms. The molecule has 3 aromatic heterocycles. The number of amides is 2. The molecular weight excluding hydrogens is 549 g/mol. The Morgan fingerprint density at radius 1 is 1.00 bits per heavy atom. The second-order valence-corrected chi connectivity index (χ2v) is 10.3. The van der Waals surface area contributed by atoms with Crippen LogP contribution in [0.2, 0.25) is 10.2 Å². The molecule has 0 saturated carbocycles. The number of hydrogen-bond acceptors (Lipinski definition) is 8. The van der Waals surface area contributed by atoms with E-state index in [1.807, 2.05) is 6.92 Å². The number of carbonyl (C=O) groups is 2. The van der Waals surface area contributed by atoms with Crippen LogP contribution in [0.5, 0.6) is 11.5 Å². The maximum atomic E-state index is 13.3. The van der Waals surface area contributed by atoms with Crippen LogP contribution in [0.15, 0.2) is 42.7 Å². The van der Waals surface area contributed by atoms with E-state index >= 15 is 0 Å². The summed E-state index contributed by atoms with van der Waals surface area (Å²) in [5.74, 6) is 0.311. The maximum Gasteiger partial charge on any atom is 0.259 e. The van der Waals surface area contributed by atoms with Gasteiger partial charge in [-0.2, -0.15) is 0 Å². The molecule has 0 bridgehead atoms. The molecule has 0 radical (unpaired) electrons. The van der Waals surface area contributed by atoms with E-state index in [2.05, 4.69) is 20.3 Å². The van der Waals surface area contributed by atoms with Crippen LogP contribution in [0.25, 0.3) is 11.1 Å². The monoisotopic (exact) mass is 569 g/mol. The number of benzene rings is 1. The molecule has 1 aromatic carbocycles. The molecule has 2 amide bonds. The number of ether oxygens (including phenoxy) is 2. The highest BCUT2D eigenvalue weighted by Gasteiger charge is 2.30. The quantitative estimate of drug-likeness (QED) is 0.299. The fraction of sp³-hybridized carbons (Fsp3) is 0.192. The van der Waals surface area contributed by atoms with Gasteiger partial charge in [-0.05, 0) is 31.2 Å². The zero-order chi connectivity index (χ0) is 27.0. The molecule has 38 heavy (non-hydrogen) atoms. The van der Waals surface area contributed by atoms with Crippen LogP contribution >= 0.6 is 34.5 Å². The number of methoxy groups -OCH3 is 2. The van der Waals surface area contributed by atoms with Crippen LogP contribution in [0, 0.1) is 6.92 Å². The highest BCUT2D eigenvalue weighted by Crippen LogP contribution is 2.36. The standard InChI is InChI=1S/C26H21Cl2N5O4S/c1-13-7-15(16-8-22(27)30-10-20(16)37-3)17(9-29-13)24(34)32-26-31-18-11-33(12-21(18)38-26)25(35)14-5-4-6-19(36-2)23(14)28/h4-10H,11-12H2,1-3H3,(H,31,32,34). The molecule has 0 fully saturated rings. The molecule has 1 aliphatic rings. The number of hydrogen-bond donors (Lipinski definition) is 1. The van der Waals surface area contributed by atoms with Crippen molar-refractivity contribution in [2.24, 2.45) is 0 Å². The molecule has 5 rings (SSSR count). The Hall–Kier alpha value is -3.73. The highest BCUT2D eigenvalue weighted by molar-refractivity contribution is 7.16. The normalized spacial score (nSPS) is 12.3. The fourth-order valence-electron chi connectivity index (χ4n) is 4.16. The molecule has 0 atom stereocenters. The van der Waals surface area contributed by atoms with Gasteiger partial charge in [0.05, 0.1) is 60.2 Å². The Morgan fingerprint density at radius 2 is 1.79 bits per heavy atom. The zero-order valence-electron chi connectivity index (χ0n) is 20.5. The van der Waals surface area contributed by atoms with Gasteiger partial charge in [-0.3, -0.25) is 19.9 Å². The first-order valence-corrected chi connectivity index (χ1v) is 12.9. The third-order valence-electron chi connectivity index (χ3n) is 6.00. The second kappa shape index (κ2) is 10.6. The molecule has 4 aromatic rings. The minimum atomic E-state index is -0.383. The summed E-state index contributed by atoms with van der Waals surface area (Å²) < 4.78 is 10.7. The van der Waals surface area contributed by atoms with Crippen LogP contribution in [-0.2, 0) is 13.1 Å². The molecule has 0 saturated heterocycles. The van der Waals surface area contributed by atoms with Crippen molar-refractivity contribution < 1.29 is 19.1 Å². The molecule has 9 nitrogen and oxygen atoms in total. The maximum absolute atomic E-state index is 13.3. The molecule has 194 valence electrons. The third kappa shape index (κ3) is 4.90. The predicted molar refractivity (Wildman–Crippen MR) is 145 cm³/mol. The first-order chi connectivity index (χ1) is 18.3. The van der Waals surface area contributed by atoms with E-state index in [4.69, 9.17) is 32.7 Å². The number of carbonyl (C=O) groups excluding carboxylic acids is 2. The van der Waals surface area contributed by atoms with Gasteiger partial charge in [0.2, 0.25) is 0 Å². The van der Waals surface area contributed by atoms with Crippen molar-refractivity contribution in [1.82, 2.24) is 19.9 Å². The fourth-order valence-corrected chi connectivity index (χ4v) is 5.58. The van der Waals surface area contributed by atoms with Crippen molar-refractivity contribution in [3.05, 3.63) is 80.3 Å². The SMILES string of the molecule is COc1cnc(Cl)cc1-c1cc(C)ncc1C(=O)Nc1nc2c(s1)CN(C(=O)c1cccc(OC)c1Cl)C2. The number of fused-ring (bicyclic) bond motifs is 1. The van der Waals surface area contributed by atoms with E-state index in [1.54, 1.807) is 35.2 Å². The van der Waals surface area contributed by atoms with Crippen LogP contribution < -0.4 is 14.8 Å². The second-order valence-electron chi connectivity index (χ2n) is 8.40. The topological polar surface area (TPSA) is 107 Å². The molecule has 0 aliphatic carbocycles. The summed E-state index contributed by atoms with van der Waals surface area (Å²) in [7, 11) is 3.02. The molecular formula is C26H21Cl2N5O4S. The largest absolute Gasteiger partial charge is 0.495 e. The van der Waals surface area contributed by atoms with Crippen molar-refractivity contribution in [1.29, 1.82) is 0 Å². The van der Waals surface area contributed by atoms with Gasteiger partial charge in [0.1, 0.15) is 16.7 Å². The summed E-state index contributed by atoms with van der Waals surface area (Å²) in [6.45, 7) is 2.50. The van der Waals surface area contributed by atoms with Gasteiger partial charge in [0, 0.05) is 23.0 Å². The van der Waals surface area contributed by atoms with E-state index in [9.17, 15) is 9.59 Å². The van der Waals surface area contributed by atoms with E-state index in [1.165, 1.54) is 38.0 Å². The summed E-state index contributed by atoms with van der Waals surface area (Å²) >= 11 is 13.8. The molecule has 1 N–H and O–H groups in total. The average molecular weight is 570 g/mol. The van der Waals surface area contributed by atoms with Crippen molar-refractivity contribution in [2.45, 2.75) is 20.0 Å². The Morgan fingerprint density at radius 3 is 2.53 bits per heavy atom. The van der Waals surface area contributed by atoms with Gasteiger partial charge in [-0.1, -0.05) is 40.6 Å². The van der Waals surface area contributed by atoms with E-state index in [0.717, 1.165) is 16.3 Å². The van der Waals surface area contributed by atoms with Gasteiger partial charge in [0.25, 0.3) is 11.8 Å². The Balaban J connectivity index is 1.35. The highest BCUT2D eigenvalue weighted by atomic mass is 35.5. The average Bonchev–Trinajstić information content (AvgIpc) is 3.47. The number of aromatic nitrogens is 3. The minimum Gasteiger partial charge on any atom is -0.495 e. The summed E-state index contributed by atoms with van der Waals surface area (Å²) in [4.78, 5) is 41.9. The summed E-state index contributed by atoms with van der Waals surface area (Å²) in [5, 5.41) is 3.84. The number of halogens is 2. The number of thiazole rings is 1. The summed E-state index contributed by atoms with van der Waals surface area (Å²) in [6, 6.07) is 8.52. The van der Waals surface area contributed by atoms with Crippen molar-refractivity contribution in [3.63, 3.8) is 0 Å². The van der Waals surface area contributed by atoms with Gasteiger partial charge in [-0.15, -0.1) is 0 Å². The smallest absolute Gasteiger partial charge is 0.259 e. The van der Waals surface area contributed by atoms with E-state index in [-0.39, 0.29) is 22.0 Å². The van der Waals surface area contributed by atoms with Crippen LogP contribution in [-0.4, -0.2) is 45.9 Å². The predicted octanol–water partition coefficient (Wildman–Crippen LogP) is 5.64. The molecule has 0 unspecified atom stereocenters. The number of pyridine rings is 2. The van der Waals surface area contributed by atoms with E-state index < -0.39 is 0 Å². The van der Waals surface area contributed by atoms with Gasteiger partial charge in [0.15, 0.2) is 5.13 Å². The zero-order valence-corrected chi connectivity index (χ0v) is 22.9. The summed E-state index contributed by atoms with van der Waals surface area (Å²) in [5.41, 5.74) is 3.36. The number of aryl methyl sites for hydroxylation is 1. The van der Waals surface area contributed by atoms with Gasteiger partial charge < -0.3 is 14.4 Å². The lowest BCUT2D eigenvalue weighted by Gasteiger charge is -2.17. The van der Waals surface area contributed by atoms with Crippen molar-refractivity contribution in [3.8, 4) is 22.6 Å². The lowest BCUT2D eigenvalue weighted by atomic mass is 10.0. The molecule has 0 spiro atoms. The number of rotatable bonds is 6. The Bertz CT molecular complexity index is 1550. The lowest BCUT2D eigenvalue weighted by molar-refractivity contribution is 0.0750. The minimum absolute atomic E-state index is 0.218. The first kappa shape index (κ1) is 25.9. The van der Waals surface area contributed by atoms with E-state index in [0.29, 0.717) is 52.0 Å².